The average molecular weight is 465 g/mol. The number of fused-ring (bicyclic) bond motifs is 1. The maximum atomic E-state index is 13.9. The Bertz CT molecular complexity index is 1240. The Morgan fingerprint density at radius 2 is 1.29 bits per heavy atom. The Morgan fingerprint density at radius 3 is 2.00 bits per heavy atom. The van der Waals surface area contributed by atoms with E-state index in [-0.39, 0.29) is 17.6 Å². The van der Waals surface area contributed by atoms with Crippen molar-refractivity contribution in [1.29, 1.82) is 0 Å². The minimum absolute atomic E-state index is 0.0394. The molecule has 1 aliphatic carbocycles. The third-order valence-corrected chi connectivity index (χ3v) is 6.50. The Hall–Kier alpha value is -3.23. The summed E-state index contributed by atoms with van der Waals surface area (Å²) in [6.07, 6.45) is 2.29. The zero-order valence-corrected chi connectivity index (χ0v) is 18.5. The Morgan fingerprint density at radius 1 is 0.677 bits per heavy atom. The van der Waals surface area contributed by atoms with Crippen LogP contribution in [0.2, 0.25) is 0 Å². The molecule has 0 amide bonds. The van der Waals surface area contributed by atoms with Crippen LogP contribution in [-0.4, -0.2) is 5.78 Å². The van der Waals surface area contributed by atoms with E-state index < -0.39 is 0 Å². The number of Topliss-reactive ketones (excluding diaryl/α,β-unsaturated/α-hetero) is 1. The van der Waals surface area contributed by atoms with Gasteiger partial charge in [-0.3, -0.25) is 4.79 Å². The highest BCUT2D eigenvalue weighted by molar-refractivity contribution is 9.10. The van der Waals surface area contributed by atoms with Gasteiger partial charge in [0, 0.05) is 16.0 Å². The molecule has 150 valence electrons. The topological polar surface area (TPSA) is 17.1 Å². The SMILES string of the molecule is O=C(c1ccc(Br)cc1)[C@@H]1c2ccccc2C(c2ccccc2)=C[C@H]1c1ccccc1. The molecular formula is C29H21BrO. The van der Waals surface area contributed by atoms with Gasteiger partial charge in [-0.15, -0.1) is 0 Å². The van der Waals surface area contributed by atoms with Crippen LogP contribution in [0.25, 0.3) is 5.57 Å². The predicted octanol–water partition coefficient (Wildman–Crippen LogP) is 7.64. The summed E-state index contributed by atoms with van der Waals surface area (Å²) in [6.45, 7) is 0. The van der Waals surface area contributed by atoms with Gasteiger partial charge in [-0.2, -0.15) is 0 Å². The number of rotatable bonds is 4. The molecule has 0 saturated carbocycles. The van der Waals surface area contributed by atoms with Crippen molar-refractivity contribution in [1.82, 2.24) is 0 Å². The quantitative estimate of drug-likeness (QED) is 0.283. The number of halogens is 1. The van der Waals surface area contributed by atoms with Gasteiger partial charge >= 0.3 is 0 Å². The molecule has 2 atom stereocenters. The number of hydrogen-bond donors (Lipinski definition) is 0. The van der Waals surface area contributed by atoms with E-state index in [1.807, 2.05) is 54.6 Å². The van der Waals surface area contributed by atoms with Crippen LogP contribution in [0.4, 0.5) is 0 Å². The molecule has 0 spiro atoms. The minimum Gasteiger partial charge on any atom is -0.293 e. The number of carbonyl (C=O) groups excluding carboxylic acids is 1. The largest absolute Gasteiger partial charge is 0.293 e. The van der Waals surface area contributed by atoms with Crippen LogP contribution in [0.15, 0.2) is 120 Å². The first-order valence-electron chi connectivity index (χ1n) is 10.4. The molecule has 0 radical (unpaired) electrons. The van der Waals surface area contributed by atoms with Crippen molar-refractivity contribution < 1.29 is 4.79 Å². The second-order valence-electron chi connectivity index (χ2n) is 7.82. The summed E-state index contributed by atoms with van der Waals surface area (Å²) in [5.74, 6) is -0.160. The van der Waals surface area contributed by atoms with Gasteiger partial charge in [0.15, 0.2) is 5.78 Å². The summed E-state index contributed by atoms with van der Waals surface area (Å²) in [5.41, 5.74) is 6.47. The van der Waals surface area contributed by atoms with Gasteiger partial charge in [-0.05, 0) is 40.0 Å². The van der Waals surface area contributed by atoms with E-state index >= 15 is 0 Å². The molecule has 0 unspecified atom stereocenters. The van der Waals surface area contributed by atoms with Gasteiger partial charge < -0.3 is 0 Å². The number of benzene rings is 4. The van der Waals surface area contributed by atoms with E-state index in [9.17, 15) is 4.79 Å². The first-order chi connectivity index (χ1) is 15.2. The molecule has 31 heavy (non-hydrogen) atoms. The number of ketones is 1. The average Bonchev–Trinajstić information content (AvgIpc) is 2.84. The predicted molar refractivity (Wildman–Crippen MR) is 130 cm³/mol. The summed E-state index contributed by atoms with van der Waals surface area (Å²) in [4.78, 5) is 13.9. The lowest BCUT2D eigenvalue weighted by atomic mass is 9.69. The Balaban J connectivity index is 1.71. The van der Waals surface area contributed by atoms with Gasteiger partial charge in [0.05, 0.1) is 5.92 Å². The fourth-order valence-electron chi connectivity index (χ4n) is 4.50. The van der Waals surface area contributed by atoms with Crippen LogP contribution in [-0.2, 0) is 0 Å². The molecule has 0 saturated heterocycles. The summed E-state index contributed by atoms with van der Waals surface area (Å²) in [5, 5.41) is 0. The number of hydrogen-bond acceptors (Lipinski definition) is 1. The zero-order chi connectivity index (χ0) is 21.2. The summed E-state index contributed by atoms with van der Waals surface area (Å²) in [6, 6.07) is 36.8. The Labute approximate surface area is 191 Å². The van der Waals surface area contributed by atoms with Crippen LogP contribution in [0, 0.1) is 0 Å². The molecule has 5 rings (SSSR count). The zero-order valence-electron chi connectivity index (χ0n) is 16.9. The third-order valence-electron chi connectivity index (χ3n) is 5.97. The first kappa shape index (κ1) is 19.7. The monoisotopic (exact) mass is 464 g/mol. The number of carbonyl (C=O) groups is 1. The second-order valence-corrected chi connectivity index (χ2v) is 8.73. The van der Waals surface area contributed by atoms with E-state index in [1.165, 1.54) is 11.1 Å². The van der Waals surface area contributed by atoms with Crippen LogP contribution in [0.5, 0.6) is 0 Å². The van der Waals surface area contributed by atoms with E-state index in [4.69, 9.17) is 0 Å². The fourth-order valence-corrected chi connectivity index (χ4v) is 4.77. The summed E-state index contributed by atoms with van der Waals surface area (Å²) in [7, 11) is 0. The fraction of sp³-hybridized carbons (Fsp3) is 0.0690. The maximum absolute atomic E-state index is 13.9. The van der Waals surface area contributed by atoms with Gasteiger partial charge in [-0.25, -0.2) is 0 Å². The van der Waals surface area contributed by atoms with Crippen LogP contribution >= 0.6 is 15.9 Å². The summed E-state index contributed by atoms with van der Waals surface area (Å²) >= 11 is 3.48. The highest BCUT2D eigenvalue weighted by Crippen LogP contribution is 2.46. The lowest BCUT2D eigenvalue weighted by molar-refractivity contribution is 0.0952. The molecule has 0 aliphatic heterocycles. The second kappa shape index (κ2) is 8.49. The lowest BCUT2D eigenvalue weighted by Crippen LogP contribution is -2.24. The Kier molecular flexibility index (Phi) is 5.40. The molecule has 0 bridgehead atoms. The molecule has 1 aliphatic rings. The molecule has 4 aromatic rings. The standard InChI is InChI=1S/C29H21BrO/c30-23-17-15-22(16-18-23)29(31)28-25-14-8-7-13-24(25)26(20-9-3-1-4-10-20)19-27(28)21-11-5-2-6-12-21/h1-19,27-28H/t27-,28+/m0/s1. The van der Waals surface area contributed by atoms with Crippen molar-refractivity contribution in [3.8, 4) is 0 Å². The number of allylic oxidation sites excluding steroid dienone is 1. The molecule has 0 aromatic heterocycles. The van der Waals surface area contributed by atoms with Crippen molar-refractivity contribution >= 4 is 27.3 Å². The molecular weight excluding hydrogens is 444 g/mol. The van der Waals surface area contributed by atoms with Crippen molar-refractivity contribution in [2.75, 3.05) is 0 Å². The van der Waals surface area contributed by atoms with Crippen molar-refractivity contribution in [3.05, 3.63) is 148 Å². The molecule has 0 N–H and O–H groups in total. The summed E-state index contributed by atoms with van der Waals surface area (Å²) < 4.78 is 0.971. The first-order valence-corrected chi connectivity index (χ1v) is 11.2. The minimum atomic E-state index is -0.271. The van der Waals surface area contributed by atoms with Crippen molar-refractivity contribution in [2.24, 2.45) is 0 Å². The van der Waals surface area contributed by atoms with E-state index in [1.54, 1.807) is 0 Å². The highest BCUT2D eigenvalue weighted by Gasteiger charge is 2.36. The molecule has 1 nitrogen and oxygen atoms in total. The lowest BCUT2D eigenvalue weighted by Gasteiger charge is -2.32. The van der Waals surface area contributed by atoms with Crippen LogP contribution < -0.4 is 0 Å². The van der Waals surface area contributed by atoms with Gasteiger partial charge in [0.1, 0.15) is 0 Å². The van der Waals surface area contributed by atoms with E-state index in [0.717, 1.165) is 26.7 Å². The molecule has 2 heteroatoms. The normalized spacial score (nSPS) is 17.5. The smallest absolute Gasteiger partial charge is 0.171 e. The maximum Gasteiger partial charge on any atom is 0.171 e. The molecule has 0 heterocycles. The third kappa shape index (κ3) is 3.80. The van der Waals surface area contributed by atoms with Gasteiger partial charge in [0.2, 0.25) is 0 Å². The van der Waals surface area contributed by atoms with Crippen molar-refractivity contribution in [2.45, 2.75) is 11.8 Å². The van der Waals surface area contributed by atoms with E-state index in [2.05, 4.69) is 76.6 Å². The molecule has 4 aromatic carbocycles. The van der Waals surface area contributed by atoms with Crippen LogP contribution in [0.1, 0.15) is 44.4 Å². The van der Waals surface area contributed by atoms with Gasteiger partial charge in [0.25, 0.3) is 0 Å². The van der Waals surface area contributed by atoms with Crippen molar-refractivity contribution in [3.63, 3.8) is 0 Å². The van der Waals surface area contributed by atoms with Gasteiger partial charge in [-0.1, -0.05) is 119 Å². The van der Waals surface area contributed by atoms with E-state index in [0.29, 0.717) is 0 Å². The molecule has 0 fully saturated rings. The highest BCUT2D eigenvalue weighted by atomic mass is 79.9. The van der Waals surface area contributed by atoms with Crippen LogP contribution in [0.3, 0.4) is 0 Å².